The van der Waals surface area contributed by atoms with E-state index in [2.05, 4.69) is 26.9 Å². The first-order chi connectivity index (χ1) is 14.1. The van der Waals surface area contributed by atoms with Crippen LogP contribution in [0.15, 0.2) is 54.5 Å². The summed E-state index contributed by atoms with van der Waals surface area (Å²) in [6.45, 7) is 5.55. The number of fused-ring (bicyclic) bond motifs is 5. The van der Waals surface area contributed by atoms with Gasteiger partial charge in [0.2, 0.25) is 0 Å². The van der Waals surface area contributed by atoms with Gasteiger partial charge < -0.3 is 20.2 Å². The second-order valence-electron chi connectivity index (χ2n) is 7.09. The van der Waals surface area contributed by atoms with Crippen LogP contribution in [0.1, 0.15) is 11.1 Å². The Balaban J connectivity index is 1.95. The van der Waals surface area contributed by atoms with Crippen LogP contribution in [0.2, 0.25) is 0 Å². The predicted octanol–water partition coefficient (Wildman–Crippen LogP) is 3.24. The first-order valence-corrected chi connectivity index (χ1v) is 9.41. The zero-order valence-electron chi connectivity index (χ0n) is 16.5. The average Bonchev–Trinajstić information content (AvgIpc) is 3.03. The van der Waals surface area contributed by atoms with Crippen molar-refractivity contribution in [3.8, 4) is 16.9 Å². The lowest BCUT2D eigenvalue weighted by molar-refractivity contribution is 0.175. The van der Waals surface area contributed by atoms with Gasteiger partial charge >= 0.3 is 0 Å². The minimum absolute atomic E-state index is 0.181. The minimum Gasteiger partial charge on any atom is -0.508 e. The van der Waals surface area contributed by atoms with E-state index in [0.717, 1.165) is 34.2 Å². The molecule has 1 aliphatic rings. The number of likely N-dealkylation sites (N-methyl/N-ethyl adjacent to an activating group) is 1. The van der Waals surface area contributed by atoms with Crippen LogP contribution in [0.4, 0.5) is 5.82 Å². The molecule has 1 aliphatic carbocycles. The van der Waals surface area contributed by atoms with Crippen molar-refractivity contribution in [1.82, 2.24) is 14.9 Å². The molecule has 3 aromatic rings. The first kappa shape index (κ1) is 18.9. The number of nitrogens with zero attached hydrogens (tertiary/aromatic N) is 4. The van der Waals surface area contributed by atoms with Gasteiger partial charge in [-0.1, -0.05) is 17.8 Å². The number of rotatable bonds is 7. The molecule has 0 unspecified atom stereocenters. The van der Waals surface area contributed by atoms with Crippen molar-refractivity contribution in [1.29, 1.82) is 0 Å². The van der Waals surface area contributed by atoms with Gasteiger partial charge in [-0.2, -0.15) is 0 Å². The third kappa shape index (κ3) is 3.52. The Hall–Kier alpha value is -3.45. The summed E-state index contributed by atoms with van der Waals surface area (Å²) in [6.07, 6.45) is 5.21. The van der Waals surface area contributed by atoms with Gasteiger partial charge in [-0.3, -0.25) is 4.98 Å². The number of nitrogens with one attached hydrogen (secondary N) is 1. The fourth-order valence-electron chi connectivity index (χ4n) is 3.47. The van der Waals surface area contributed by atoms with E-state index in [9.17, 15) is 5.11 Å². The normalized spacial score (nSPS) is 13.6. The molecule has 7 heteroatoms. The highest BCUT2D eigenvalue weighted by molar-refractivity contribution is 6.29. The molecule has 148 valence electrons. The maximum absolute atomic E-state index is 9.98. The van der Waals surface area contributed by atoms with Gasteiger partial charge in [-0.05, 0) is 37.9 Å². The summed E-state index contributed by atoms with van der Waals surface area (Å²) in [5.74, 6) is 0.887. The molecule has 0 saturated carbocycles. The summed E-state index contributed by atoms with van der Waals surface area (Å²) in [5, 5.41) is 18.7. The van der Waals surface area contributed by atoms with Gasteiger partial charge in [0.15, 0.2) is 0 Å². The van der Waals surface area contributed by atoms with E-state index >= 15 is 0 Å². The van der Waals surface area contributed by atoms with Crippen molar-refractivity contribution in [3.05, 3.63) is 60.4 Å². The molecule has 29 heavy (non-hydrogen) atoms. The number of oxime groups is 1. The molecular weight excluding hydrogens is 366 g/mol. The van der Waals surface area contributed by atoms with E-state index in [4.69, 9.17) is 9.82 Å². The molecule has 1 aromatic carbocycles. The highest BCUT2D eigenvalue weighted by Crippen LogP contribution is 2.44. The number of hydrogen-bond donors (Lipinski definition) is 2. The minimum atomic E-state index is 0.181. The van der Waals surface area contributed by atoms with Crippen LogP contribution in [-0.2, 0) is 4.84 Å². The summed E-state index contributed by atoms with van der Waals surface area (Å²) < 4.78 is 0. The number of aromatic hydroxyl groups is 1. The molecule has 0 atom stereocenters. The summed E-state index contributed by atoms with van der Waals surface area (Å²) in [4.78, 5) is 16.6. The molecule has 7 nitrogen and oxygen atoms in total. The summed E-state index contributed by atoms with van der Waals surface area (Å²) >= 11 is 0. The van der Waals surface area contributed by atoms with Crippen LogP contribution in [0.3, 0.4) is 0 Å². The molecule has 2 N–H and O–H groups in total. The summed E-state index contributed by atoms with van der Waals surface area (Å²) in [6, 6.07) is 7.21. The Labute approximate surface area is 169 Å². The van der Waals surface area contributed by atoms with Crippen LogP contribution in [0, 0.1) is 0 Å². The topological polar surface area (TPSA) is 82.9 Å². The Bertz CT molecular complexity index is 1110. The molecule has 0 bridgehead atoms. The van der Waals surface area contributed by atoms with E-state index < -0.39 is 0 Å². The van der Waals surface area contributed by atoms with E-state index in [1.54, 1.807) is 30.6 Å². The van der Waals surface area contributed by atoms with Crippen molar-refractivity contribution in [2.75, 3.05) is 39.1 Å². The third-order valence-electron chi connectivity index (χ3n) is 4.75. The van der Waals surface area contributed by atoms with E-state index in [1.807, 2.05) is 26.2 Å². The van der Waals surface area contributed by atoms with Crippen molar-refractivity contribution in [3.63, 3.8) is 0 Å². The fourth-order valence-corrected chi connectivity index (χ4v) is 3.47. The van der Waals surface area contributed by atoms with Crippen LogP contribution in [0.5, 0.6) is 5.75 Å². The monoisotopic (exact) mass is 389 g/mol. The molecular formula is C22H23N5O2. The van der Waals surface area contributed by atoms with E-state index in [1.165, 1.54) is 0 Å². The van der Waals surface area contributed by atoms with Gasteiger partial charge in [0.1, 0.15) is 23.9 Å². The van der Waals surface area contributed by atoms with Gasteiger partial charge in [-0.25, -0.2) is 4.98 Å². The number of aromatic nitrogens is 2. The fraction of sp³-hybridized carbons (Fsp3) is 0.227. The first-order valence-electron chi connectivity index (χ1n) is 9.41. The Kier molecular flexibility index (Phi) is 5.14. The Morgan fingerprint density at radius 3 is 2.90 bits per heavy atom. The van der Waals surface area contributed by atoms with Crippen LogP contribution < -0.4 is 5.32 Å². The van der Waals surface area contributed by atoms with Crippen molar-refractivity contribution in [2.24, 2.45) is 5.16 Å². The molecule has 2 aromatic heterocycles. The van der Waals surface area contributed by atoms with Gasteiger partial charge in [0.05, 0.1) is 11.1 Å². The SMILES string of the molecule is C=CCON=C1c2cnccc2-c2c1c(NCCN(C)C)nc1cc(O)ccc21. The highest BCUT2D eigenvalue weighted by atomic mass is 16.6. The van der Waals surface area contributed by atoms with E-state index in [-0.39, 0.29) is 5.75 Å². The number of benzene rings is 1. The highest BCUT2D eigenvalue weighted by Gasteiger charge is 2.31. The van der Waals surface area contributed by atoms with Crippen LogP contribution in [0.25, 0.3) is 22.0 Å². The number of phenols is 1. The van der Waals surface area contributed by atoms with Crippen molar-refractivity contribution >= 4 is 22.4 Å². The number of phenolic OH excluding ortho intramolecular Hbond substituents is 1. The lowest BCUT2D eigenvalue weighted by Gasteiger charge is -2.15. The Morgan fingerprint density at radius 1 is 1.24 bits per heavy atom. The average molecular weight is 389 g/mol. The molecule has 2 heterocycles. The van der Waals surface area contributed by atoms with Gasteiger partial charge in [-0.15, -0.1) is 0 Å². The number of anilines is 1. The van der Waals surface area contributed by atoms with Gasteiger partial charge in [0.25, 0.3) is 0 Å². The molecule has 0 saturated heterocycles. The molecule has 4 rings (SSSR count). The molecule has 0 radical (unpaired) electrons. The van der Waals surface area contributed by atoms with Crippen molar-refractivity contribution in [2.45, 2.75) is 0 Å². The standard InChI is InChI=1S/C22H23N5O2/c1-4-11-29-26-21-17-13-23-8-7-15(17)19-16-6-5-14(28)12-18(16)25-22(20(19)21)24-9-10-27(2)3/h4-8,12-13,28H,1,9-11H2,2-3H3,(H,24,25). The Morgan fingerprint density at radius 2 is 2.10 bits per heavy atom. The second kappa shape index (κ2) is 7.89. The lowest BCUT2D eigenvalue weighted by Crippen LogP contribution is -2.22. The third-order valence-corrected chi connectivity index (χ3v) is 4.75. The lowest BCUT2D eigenvalue weighted by atomic mass is 10.0. The van der Waals surface area contributed by atoms with Gasteiger partial charge in [0, 0.05) is 48.1 Å². The molecule has 0 aliphatic heterocycles. The maximum atomic E-state index is 9.98. The quantitative estimate of drug-likeness (QED) is 0.287. The summed E-state index contributed by atoms with van der Waals surface area (Å²) in [5.41, 5.74) is 5.22. The number of hydrogen-bond acceptors (Lipinski definition) is 7. The zero-order chi connectivity index (χ0) is 20.4. The van der Waals surface area contributed by atoms with Crippen molar-refractivity contribution < 1.29 is 9.94 Å². The molecule has 0 spiro atoms. The van der Waals surface area contributed by atoms with Crippen LogP contribution >= 0.6 is 0 Å². The number of pyridine rings is 2. The molecule has 0 amide bonds. The molecule has 0 fully saturated rings. The van der Waals surface area contributed by atoms with E-state index in [0.29, 0.717) is 30.2 Å². The largest absolute Gasteiger partial charge is 0.508 e. The zero-order valence-corrected chi connectivity index (χ0v) is 16.5. The second-order valence-corrected chi connectivity index (χ2v) is 7.09. The van der Waals surface area contributed by atoms with Crippen LogP contribution in [-0.4, -0.2) is 59.5 Å². The predicted molar refractivity (Wildman–Crippen MR) is 115 cm³/mol. The smallest absolute Gasteiger partial charge is 0.137 e. The summed E-state index contributed by atoms with van der Waals surface area (Å²) in [7, 11) is 4.05. The maximum Gasteiger partial charge on any atom is 0.137 e.